The molecule has 0 bridgehead atoms. The first-order chi connectivity index (χ1) is 8.18. The van der Waals surface area contributed by atoms with Gasteiger partial charge in [-0.05, 0) is 37.0 Å². The van der Waals surface area contributed by atoms with Crippen LogP contribution in [-0.2, 0) is 6.42 Å². The third-order valence-corrected chi connectivity index (χ3v) is 3.08. The summed E-state index contributed by atoms with van der Waals surface area (Å²) < 4.78 is 0. The molecule has 1 atom stereocenters. The zero-order valence-corrected chi connectivity index (χ0v) is 10.2. The fourth-order valence-electron chi connectivity index (χ4n) is 2.01. The van der Waals surface area contributed by atoms with Gasteiger partial charge in [-0.15, -0.1) is 0 Å². The molecule has 1 unspecified atom stereocenters. The minimum absolute atomic E-state index is 0.0454. The molecule has 1 aromatic heterocycles. The number of benzene rings is 1. The molecule has 0 aliphatic heterocycles. The van der Waals surface area contributed by atoms with Gasteiger partial charge in [-0.1, -0.05) is 18.2 Å². The Balaban J connectivity index is 2.22. The summed E-state index contributed by atoms with van der Waals surface area (Å²) in [5.41, 5.74) is 11.1. The Morgan fingerprint density at radius 2 is 1.71 bits per heavy atom. The predicted octanol–water partition coefficient (Wildman–Crippen LogP) is 2.34. The van der Waals surface area contributed by atoms with Gasteiger partial charge in [0.2, 0.25) is 0 Å². The third kappa shape index (κ3) is 2.68. The van der Waals surface area contributed by atoms with Crippen LogP contribution in [0.25, 0.3) is 0 Å². The van der Waals surface area contributed by atoms with Crippen LogP contribution in [-0.4, -0.2) is 9.97 Å². The Bertz CT molecular complexity index is 474. The highest BCUT2D eigenvalue weighted by molar-refractivity contribution is 5.34. The first kappa shape index (κ1) is 11.7. The van der Waals surface area contributed by atoms with Crippen molar-refractivity contribution in [2.45, 2.75) is 26.3 Å². The van der Waals surface area contributed by atoms with Gasteiger partial charge < -0.3 is 5.73 Å². The molecule has 3 nitrogen and oxygen atoms in total. The van der Waals surface area contributed by atoms with Crippen LogP contribution in [0.4, 0.5) is 0 Å². The first-order valence-corrected chi connectivity index (χ1v) is 5.74. The topological polar surface area (TPSA) is 51.8 Å². The lowest BCUT2D eigenvalue weighted by Crippen LogP contribution is -2.15. The minimum Gasteiger partial charge on any atom is -0.324 e. The van der Waals surface area contributed by atoms with Crippen molar-refractivity contribution in [3.8, 4) is 0 Å². The molecule has 2 rings (SSSR count). The van der Waals surface area contributed by atoms with E-state index in [1.54, 1.807) is 12.4 Å². The SMILES string of the molecule is Cc1cccc(C)c1CC(N)c1cncnc1. The van der Waals surface area contributed by atoms with E-state index in [0.29, 0.717) is 0 Å². The third-order valence-electron chi connectivity index (χ3n) is 3.08. The van der Waals surface area contributed by atoms with E-state index in [1.807, 2.05) is 0 Å². The Kier molecular flexibility index (Phi) is 3.49. The largest absolute Gasteiger partial charge is 0.324 e. The Labute approximate surface area is 102 Å². The molecular formula is C14H17N3. The summed E-state index contributed by atoms with van der Waals surface area (Å²) in [6.07, 6.45) is 5.91. The van der Waals surface area contributed by atoms with Gasteiger partial charge >= 0.3 is 0 Å². The normalized spacial score (nSPS) is 12.4. The molecule has 0 saturated heterocycles. The van der Waals surface area contributed by atoms with Crippen LogP contribution in [0.1, 0.15) is 28.3 Å². The lowest BCUT2D eigenvalue weighted by molar-refractivity contribution is 0.707. The van der Waals surface area contributed by atoms with E-state index in [1.165, 1.54) is 23.0 Å². The maximum Gasteiger partial charge on any atom is 0.115 e. The number of aromatic nitrogens is 2. The summed E-state index contributed by atoms with van der Waals surface area (Å²) >= 11 is 0. The molecule has 0 spiro atoms. The number of nitrogens with two attached hydrogens (primary N) is 1. The van der Waals surface area contributed by atoms with Crippen LogP contribution >= 0.6 is 0 Å². The van der Waals surface area contributed by atoms with Crippen molar-refractivity contribution in [3.05, 3.63) is 59.2 Å². The average Bonchev–Trinajstić information content (AvgIpc) is 2.35. The number of aryl methyl sites for hydroxylation is 2. The molecule has 17 heavy (non-hydrogen) atoms. The summed E-state index contributed by atoms with van der Waals surface area (Å²) in [7, 11) is 0. The fourth-order valence-corrected chi connectivity index (χ4v) is 2.01. The van der Waals surface area contributed by atoms with Crippen molar-refractivity contribution in [2.75, 3.05) is 0 Å². The number of hydrogen-bond acceptors (Lipinski definition) is 3. The molecule has 3 heteroatoms. The number of nitrogens with zero attached hydrogens (tertiary/aromatic N) is 2. The van der Waals surface area contributed by atoms with Gasteiger partial charge in [0.25, 0.3) is 0 Å². The van der Waals surface area contributed by atoms with Gasteiger partial charge in [0.05, 0.1) is 0 Å². The molecule has 0 aliphatic carbocycles. The van der Waals surface area contributed by atoms with Crippen molar-refractivity contribution in [3.63, 3.8) is 0 Å². The molecule has 88 valence electrons. The molecule has 1 heterocycles. The van der Waals surface area contributed by atoms with Gasteiger partial charge in [-0.25, -0.2) is 9.97 Å². The first-order valence-electron chi connectivity index (χ1n) is 5.74. The summed E-state index contributed by atoms with van der Waals surface area (Å²) in [5.74, 6) is 0. The Morgan fingerprint density at radius 1 is 1.12 bits per heavy atom. The number of rotatable bonds is 3. The van der Waals surface area contributed by atoms with Gasteiger partial charge in [0.1, 0.15) is 6.33 Å². The van der Waals surface area contributed by atoms with E-state index >= 15 is 0 Å². The van der Waals surface area contributed by atoms with Gasteiger partial charge in [-0.2, -0.15) is 0 Å². The molecule has 2 aromatic rings. The molecule has 0 saturated carbocycles. The summed E-state index contributed by atoms with van der Waals surface area (Å²) in [5, 5.41) is 0. The highest BCUT2D eigenvalue weighted by Crippen LogP contribution is 2.20. The lowest BCUT2D eigenvalue weighted by Gasteiger charge is -2.15. The molecule has 0 aliphatic rings. The van der Waals surface area contributed by atoms with E-state index < -0.39 is 0 Å². The van der Waals surface area contributed by atoms with E-state index in [-0.39, 0.29) is 6.04 Å². The van der Waals surface area contributed by atoms with Gasteiger partial charge in [0, 0.05) is 24.0 Å². The highest BCUT2D eigenvalue weighted by atomic mass is 14.8. The van der Waals surface area contributed by atoms with Crippen LogP contribution in [0.15, 0.2) is 36.9 Å². The predicted molar refractivity (Wildman–Crippen MR) is 68.6 cm³/mol. The van der Waals surface area contributed by atoms with Crippen molar-refractivity contribution in [1.29, 1.82) is 0 Å². The van der Waals surface area contributed by atoms with Crippen LogP contribution in [0, 0.1) is 13.8 Å². The second-order valence-electron chi connectivity index (χ2n) is 4.35. The van der Waals surface area contributed by atoms with E-state index in [0.717, 1.165) is 12.0 Å². The molecule has 0 fully saturated rings. The quantitative estimate of drug-likeness (QED) is 0.875. The lowest BCUT2D eigenvalue weighted by atomic mass is 9.94. The van der Waals surface area contributed by atoms with E-state index in [9.17, 15) is 0 Å². The summed E-state index contributed by atoms with van der Waals surface area (Å²) in [4.78, 5) is 8.00. The van der Waals surface area contributed by atoms with Gasteiger partial charge in [0.15, 0.2) is 0 Å². The summed E-state index contributed by atoms with van der Waals surface area (Å²) in [6, 6.07) is 6.27. The Morgan fingerprint density at radius 3 is 2.29 bits per heavy atom. The van der Waals surface area contributed by atoms with Crippen molar-refractivity contribution in [1.82, 2.24) is 9.97 Å². The fraction of sp³-hybridized carbons (Fsp3) is 0.286. The smallest absolute Gasteiger partial charge is 0.115 e. The monoisotopic (exact) mass is 227 g/mol. The van der Waals surface area contributed by atoms with E-state index in [2.05, 4.69) is 42.0 Å². The highest BCUT2D eigenvalue weighted by Gasteiger charge is 2.10. The van der Waals surface area contributed by atoms with Crippen molar-refractivity contribution in [2.24, 2.45) is 5.73 Å². The summed E-state index contributed by atoms with van der Waals surface area (Å²) in [6.45, 7) is 4.24. The second-order valence-corrected chi connectivity index (χ2v) is 4.35. The standard InChI is InChI=1S/C14H17N3/c1-10-4-3-5-11(2)13(10)6-14(15)12-7-16-9-17-8-12/h3-5,7-9,14H,6,15H2,1-2H3. The Hall–Kier alpha value is -1.74. The van der Waals surface area contributed by atoms with Crippen LogP contribution in [0.2, 0.25) is 0 Å². The molecule has 2 N–H and O–H groups in total. The molecule has 1 aromatic carbocycles. The minimum atomic E-state index is -0.0454. The zero-order chi connectivity index (χ0) is 12.3. The van der Waals surface area contributed by atoms with Crippen LogP contribution in [0.5, 0.6) is 0 Å². The van der Waals surface area contributed by atoms with Crippen molar-refractivity contribution >= 4 is 0 Å². The van der Waals surface area contributed by atoms with Crippen molar-refractivity contribution < 1.29 is 0 Å². The van der Waals surface area contributed by atoms with E-state index in [4.69, 9.17) is 5.73 Å². The maximum atomic E-state index is 6.18. The van der Waals surface area contributed by atoms with Crippen LogP contribution in [0.3, 0.4) is 0 Å². The maximum absolute atomic E-state index is 6.18. The molecule has 0 radical (unpaired) electrons. The molecule has 0 amide bonds. The molecular weight excluding hydrogens is 210 g/mol. The van der Waals surface area contributed by atoms with Crippen LogP contribution < -0.4 is 5.73 Å². The zero-order valence-electron chi connectivity index (χ0n) is 10.2. The average molecular weight is 227 g/mol. The second kappa shape index (κ2) is 5.06. The van der Waals surface area contributed by atoms with Gasteiger partial charge in [-0.3, -0.25) is 0 Å². The number of hydrogen-bond donors (Lipinski definition) is 1.